The molecule has 20 heavy (non-hydrogen) atoms. The Morgan fingerprint density at radius 1 is 1.25 bits per heavy atom. The van der Waals surface area contributed by atoms with Gasteiger partial charge in [-0.2, -0.15) is 0 Å². The normalized spacial score (nSPS) is 12.1. The Kier molecular flexibility index (Phi) is 7.78. The minimum absolute atomic E-state index is 0.271. The molecule has 112 valence electrons. The minimum Gasteiger partial charge on any atom is -0.388 e. The second-order valence-electron chi connectivity index (χ2n) is 5.47. The van der Waals surface area contributed by atoms with Gasteiger partial charge in [0.2, 0.25) is 0 Å². The van der Waals surface area contributed by atoms with Gasteiger partial charge < -0.3 is 10.6 Å². The highest BCUT2D eigenvalue weighted by Crippen LogP contribution is 2.20. The molecular weight excluding hydrogens is 246 g/mol. The van der Waals surface area contributed by atoms with Gasteiger partial charge in [-0.3, -0.25) is 5.41 Å². The summed E-state index contributed by atoms with van der Waals surface area (Å²) in [5.41, 5.74) is 6.76. The molecule has 0 amide bonds. The van der Waals surface area contributed by atoms with Gasteiger partial charge in [-0.15, -0.1) is 0 Å². The summed E-state index contributed by atoms with van der Waals surface area (Å²) < 4.78 is 0. The molecule has 0 aliphatic carbocycles. The first-order valence-corrected chi connectivity index (χ1v) is 7.80. The van der Waals surface area contributed by atoms with Crippen molar-refractivity contribution in [2.75, 3.05) is 18.0 Å². The highest BCUT2D eigenvalue weighted by Gasteiger charge is 2.13. The second-order valence-corrected chi connectivity index (χ2v) is 5.47. The monoisotopic (exact) mass is 275 g/mol. The molecule has 0 saturated carbocycles. The van der Waals surface area contributed by atoms with E-state index < -0.39 is 0 Å². The number of amidine groups is 1. The lowest BCUT2D eigenvalue weighted by Crippen LogP contribution is -2.32. The van der Waals surface area contributed by atoms with Crippen LogP contribution in [-0.4, -0.2) is 18.9 Å². The molecule has 3 nitrogen and oxygen atoms in total. The fourth-order valence-corrected chi connectivity index (χ4v) is 2.45. The Morgan fingerprint density at radius 3 is 2.50 bits per heavy atom. The van der Waals surface area contributed by atoms with Crippen molar-refractivity contribution in [1.82, 2.24) is 0 Å². The Bertz CT molecular complexity index is 375. The van der Waals surface area contributed by atoms with E-state index in [9.17, 15) is 0 Å². The SMILES string of the molecule is CCCCC(CC)CN(CCC(=N)N)c1ccccc1. The average molecular weight is 275 g/mol. The van der Waals surface area contributed by atoms with Crippen LogP contribution in [0.2, 0.25) is 0 Å². The van der Waals surface area contributed by atoms with Crippen LogP contribution in [0.25, 0.3) is 0 Å². The van der Waals surface area contributed by atoms with E-state index in [1.807, 2.05) is 6.07 Å². The van der Waals surface area contributed by atoms with E-state index in [-0.39, 0.29) is 5.84 Å². The van der Waals surface area contributed by atoms with Gasteiger partial charge in [-0.1, -0.05) is 51.3 Å². The van der Waals surface area contributed by atoms with E-state index in [0.29, 0.717) is 6.42 Å². The maximum atomic E-state index is 7.44. The van der Waals surface area contributed by atoms with Crippen molar-refractivity contribution in [2.24, 2.45) is 11.7 Å². The molecule has 0 fully saturated rings. The number of benzene rings is 1. The molecule has 1 rings (SSSR count). The molecule has 1 aromatic carbocycles. The highest BCUT2D eigenvalue weighted by molar-refractivity contribution is 5.77. The quantitative estimate of drug-likeness (QED) is 0.500. The van der Waals surface area contributed by atoms with E-state index in [2.05, 4.69) is 43.0 Å². The van der Waals surface area contributed by atoms with Gasteiger partial charge in [-0.25, -0.2) is 0 Å². The third-order valence-corrected chi connectivity index (χ3v) is 3.79. The lowest BCUT2D eigenvalue weighted by Gasteiger charge is -2.29. The molecule has 0 heterocycles. The Morgan fingerprint density at radius 2 is 1.95 bits per heavy atom. The summed E-state index contributed by atoms with van der Waals surface area (Å²) in [6.45, 7) is 6.42. The maximum absolute atomic E-state index is 7.44. The van der Waals surface area contributed by atoms with Crippen LogP contribution in [0.15, 0.2) is 30.3 Å². The van der Waals surface area contributed by atoms with Crippen LogP contribution in [-0.2, 0) is 0 Å². The summed E-state index contributed by atoms with van der Waals surface area (Å²) in [5.74, 6) is 0.995. The fourth-order valence-electron chi connectivity index (χ4n) is 2.45. The van der Waals surface area contributed by atoms with Crippen molar-refractivity contribution in [3.8, 4) is 0 Å². The van der Waals surface area contributed by atoms with E-state index in [1.54, 1.807) is 0 Å². The van der Waals surface area contributed by atoms with Crippen LogP contribution in [0.1, 0.15) is 46.0 Å². The summed E-state index contributed by atoms with van der Waals surface area (Å²) in [7, 11) is 0. The second kappa shape index (κ2) is 9.40. The molecular formula is C17H29N3. The van der Waals surface area contributed by atoms with E-state index in [0.717, 1.165) is 19.0 Å². The van der Waals surface area contributed by atoms with Gasteiger partial charge in [0.25, 0.3) is 0 Å². The molecule has 3 N–H and O–H groups in total. The standard InChI is InChI=1S/C17H29N3/c1-3-5-9-15(4-2)14-20(13-12-17(18)19)16-10-7-6-8-11-16/h6-8,10-11,15H,3-5,9,12-14H2,1-2H3,(H3,18,19). The first-order valence-electron chi connectivity index (χ1n) is 7.80. The number of nitrogens with zero attached hydrogens (tertiary/aromatic N) is 1. The number of hydrogen-bond acceptors (Lipinski definition) is 2. The Balaban J connectivity index is 2.68. The molecule has 0 aliphatic rings. The van der Waals surface area contributed by atoms with Gasteiger partial charge in [0.15, 0.2) is 0 Å². The molecule has 0 spiro atoms. The molecule has 0 bridgehead atoms. The topological polar surface area (TPSA) is 53.1 Å². The molecule has 3 heteroatoms. The zero-order valence-corrected chi connectivity index (χ0v) is 12.9. The molecule has 0 aliphatic heterocycles. The van der Waals surface area contributed by atoms with Crippen molar-refractivity contribution in [3.05, 3.63) is 30.3 Å². The van der Waals surface area contributed by atoms with Gasteiger partial charge >= 0.3 is 0 Å². The maximum Gasteiger partial charge on any atom is 0.0923 e. The Labute approximate surface area is 123 Å². The average Bonchev–Trinajstić information content (AvgIpc) is 2.47. The van der Waals surface area contributed by atoms with E-state index >= 15 is 0 Å². The summed E-state index contributed by atoms with van der Waals surface area (Å²) in [6.07, 6.45) is 5.70. The van der Waals surface area contributed by atoms with Crippen LogP contribution < -0.4 is 10.6 Å². The van der Waals surface area contributed by atoms with Crippen molar-refractivity contribution in [3.63, 3.8) is 0 Å². The summed E-state index contributed by atoms with van der Waals surface area (Å²) in [6, 6.07) is 10.5. The van der Waals surface area contributed by atoms with Gasteiger partial charge in [0, 0.05) is 25.2 Å². The summed E-state index contributed by atoms with van der Waals surface area (Å²) in [4.78, 5) is 2.38. The molecule has 1 aromatic rings. The number of anilines is 1. The predicted octanol–water partition coefficient (Wildman–Crippen LogP) is 4.04. The zero-order valence-electron chi connectivity index (χ0n) is 12.9. The van der Waals surface area contributed by atoms with Crippen LogP contribution in [0.4, 0.5) is 5.69 Å². The van der Waals surface area contributed by atoms with Gasteiger partial charge in [-0.05, 0) is 24.5 Å². The smallest absolute Gasteiger partial charge is 0.0923 e. The predicted molar refractivity (Wildman–Crippen MR) is 88.5 cm³/mol. The molecule has 0 saturated heterocycles. The van der Waals surface area contributed by atoms with Crippen LogP contribution in [0.5, 0.6) is 0 Å². The number of para-hydroxylation sites is 1. The number of rotatable bonds is 10. The first kappa shape index (κ1) is 16.5. The Hall–Kier alpha value is -1.51. The number of nitrogens with one attached hydrogen (secondary N) is 1. The first-order chi connectivity index (χ1) is 9.67. The van der Waals surface area contributed by atoms with E-state index in [4.69, 9.17) is 11.1 Å². The van der Waals surface area contributed by atoms with Crippen LogP contribution >= 0.6 is 0 Å². The van der Waals surface area contributed by atoms with Crippen molar-refractivity contribution in [2.45, 2.75) is 46.0 Å². The van der Waals surface area contributed by atoms with Crippen molar-refractivity contribution in [1.29, 1.82) is 5.41 Å². The number of unbranched alkanes of at least 4 members (excludes halogenated alkanes) is 1. The molecule has 0 aromatic heterocycles. The highest BCUT2D eigenvalue weighted by atomic mass is 15.1. The van der Waals surface area contributed by atoms with Crippen molar-refractivity contribution >= 4 is 11.5 Å². The molecule has 0 radical (unpaired) electrons. The lowest BCUT2D eigenvalue weighted by atomic mass is 9.98. The third-order valence-electron chi connectivity index (χ3n) is 3.79. The number of nitrogens with two attached hydrogens (primary N) is 1. The van der Waals surface area contributed by atoms with Gasteiger partial charge in [0.1, 0.15) is 0 Å². The third kappa shape index (κ3) is 6.09. The van der Waals surface area contributed by atoms with Crippen LogP contribution in [0.3, 0.4) is 0 Å². The van der Waals surface area contributed by atoms with Crippen molar-refractivity contribution < 1.29 is 0 Å². The molecule has 1 atom stereocenters. The minimum atomic E-state index is 0.271. The van der Waals surface area contributed by atoms with E-state index in [1.165, 1.54) is 31.4 Å². The van der Waals surface area contributed by atoms with Gasteiger partial charge in [0.05, 0.1) is 5.84 Å². The lowest BCUT2D eigenvalue weighted by molar-refractivity contribution is 0.446. The molecule has 1 unspecified atom stereocenters. The summed E-state index contributed by atoms with van der Waals surface area (Å²) >= 11 is 0. The fraction of sp³-hybridized carbons (Fsp3) is 0.588. The number of hydrogen-bond donors (Lipinski definition) is 2. The zero-order chi connectivity index (χ0) is 14.8. The summed E-state index contributed by atoms with van der Waals surface area (Å²) in [5, 5.41) is 7.44. The largest absolute Gasteiger partial charge is 0.388 e. The van der Waals surface area contributed by atoms with Crippen LogP contribution in [0, 0.1) is 11.3 Å².